The van der Waals surface area contributed by atoms with Crippen molar-refractivity contribution in [2.45, 2.75) is 19.3 Å². The molecule has 0 atom stereocenters. The Labute approximate surface area is 134 Å². The van der Waals surface area contributed by atoms with Crippen molar-refractivity contribution in [3.05, 3.63) is 65.5 Å². The van der Waals surface area contributed by atoms with Crippen LogP contribution in [0.4, 0.5) is 0 Å². The maximum absolute atomic E-state index is 11.3. The number of rotatable bonds is 3. The second-order valence-electron chi connectivity index (χ2n) is 5.91. The Balaban J connectivity index is 1.57. The highest BCUT2D eigenvalue weighted by Crippen LogP contribution is 2.26. The van der Waals surface area contributed by atoms with Crippen LogP contribution in [0.5, 0.6) is 0 Å². The molecule has 0 spiro atoms. The highest BCUT2D eigenvalue weighted by Gasteiger charge is 2.13. The van der Waals surface area contributed by atoms with Crippen molar-refractivity contribution in [2.24, 2.45) is 5.92 Å². The summed E-state index contributed by atoms with van der Waals surface area (Å²) in [4.78, 5) is 15.7. The molecule has 1 aliphatic heterocycles. The van der Waals surface area contributed by atoms with Crippen LogP contribution in [-0.2, 0) is 4.79 Å². The fourth-order valence-corrected chi connectivity index (χ4v) is 2.73. The number of hydrogen-bond acceptors (Lipinski definition) is 4. The van der Waals surface area contributed by atoms with Crippen LogP contribution in [0.3, 0.4) is 0 Å². The van der Waals surface area contributed by atoms with Gasteiger partial charge in [-0.15, -0.1) is 0 Å². The second kappa shape index (κ2) is 5.76. The van der Waals surface area contributed by atoms with Crippen molar-refractivity contribution in [3.63, 3.8) is 0 Å². The summed E-state index contributed by atoms with van der Waals surface area (Å²) in [5, 5.41) is 4.20. The SMILES string of the molecule is O=C1C=CC(=c2cnc3n2NC(N/C=C\C2CCC2)=CC=3)C=C1. The molecular formula is C18H18N4O. The van der Waals surface area contributed by atoms with E-state index in [1.54, 1.807) is 18.3 Å². The summed E-state index contributed by atoms with van der Waals surface area (Å²) in [6.45, 7) is 0. The van der Waals surface area contributed by atoms with Crippen LogP contribution in [0.15, 0.2) is 54.7 Å². The lowest BCUT2D eigenvalue weighted by Gasteiger charge is -2.21. The Morgan fingerprint density at radius 2 is 2.04 bits per heavy atom. The quantitative estimate of drug-likeness (QED) is 0.868. The summed E-state index contributed by atoms with van der Waals surface area (Å²) in [7, 11) is 0. The van der Waals surface area contributed by atoms with Gasteiger partial charge in [-0.3, -0.25) is 10.2 Å². The van der Waals surface area contributed by atoms with Gasteiger partial charge in [-0.2, -0.15) is 0 Å². The molecule has 2 heterocycles. The molecular weight excluding hydrogens is 288 g/mol. The first-order valence-electron chi connectivity index (χ1n) is 7.90. The normalized spacial score (nSPS) is 19.9. The number of nitrogens with zero attached hydrogens (tertiary/aromatic N) is 2. The number of fused-ring (bicyclic) bond motifs is 1. The van der Waals surface area contributed by atoms with Gasteiger partial charge in [0.1, 0.15) is 5.82 Å². The molecule has 1 aromatic heterocycles. The van der Waals surface area contributed by atoms with E-state index in [-0.39, 0.29) is 5.78 Å². The molecule has 116 valence electrons. The molecule has 1 fully saturated rings. The molecule has 23 heavy (non-hydrogen) atoms. The number of aromatic nitrogens is 2. The fraction of sp³-hybridized carbons (Fsp3) is 0.222. The molecule has 1 saturated carbocycles. The van der Waals surface area contributed by atoms with E-state index < -0.39 is 0 Å². The average molecular weight is 306 g/mol. The van der Waals surface area contributed by atoms with Crippen LogP contribution < -0.4 is 21.6 Å². The topological polar surface area (TPSA) is 59.0 Å². The number of ketones is 1. The maximum Gasteiger partial charge on any atom is 0.178 e. The Morgan fingerprint density at radius 1 is 1.22 bits per heavy atom. The monoisotopic (exact) mass is 306 g/mol. The van der Waals surface area contributed by atoms with Gasteiger partial charge in [-0.05, 0) is 61.4 Å². The van der Waals surface area contributed by atoms with Gasteiger partial charge in [-0.25, -0.2) is 9.66 Å². The van der Waals surface area contributed by atoms with Gasteiger partial charge < -0.3 is 5.32 Å². The third-order valence-corrected chi connectivity index (χ3v) is 4.33. The molecule has 2 N–H and O–H groups in total. The molecule has 0 aromatic carbocycles. The number of imidazole rings is 1. The predicted octanol–water partition coefficient (Wildman–Crippen LogP) is 0.811. The summed E-state index contributed by atoms with van der Waals surface area (Å²) < 4.78 is 1.92. The van der Waals surface area contributed by atoms with E-state index in [0.29, 0.717) is 0 Å². The number of nitrogens with one attached hydrogen (secondary N) is 2. The summed E-state index contributed by atoms with van der Waals surface area (Å²) in [5.41, 5.74) is 5.10. The van der Waals surface area contributed by atoms with Crippen molar-refractivity contribution >= 4 is 17.4 Å². The molecule has 0 radical (unpaired) electrons. The molecule has 3 aliphatic rings. The van der Waals surface area contributed by atoms with Crippen molar-refractivity contribution in [1.29, 1.82) is 0 Å². The molecule has 0 unspecified atom stereocenters. The van der Waals surface area contributed by atoms with Crippen LogP contribution in [0.2, 0.25) is 0 Å². The highest BCUT2D eigenvalue weighted by atomic mass is 16.1. The van der Waals surface area contributed by atoms with Crippen LogP contribution in [0, 0.1) is 5.92 Å². The zero-order valence-corrected chi connectivity index (χ0v) is 12.7. The third kappa shape index (κ3) is 2.77. The molecule has 0 bridgehead atoms. The van der Waals surface area contributed by atoms with E-state index in [2.05, 4.69) is 21.8 Å². The lowest BCUT2D eigenvalue weighted by Crippen LogP contribution is -2.40. The second-order valence-corrected chi connectivity index (χ2v) is 5.91. The van der Waals surface area contributed by atoms with Gasteiger partial charge in [0.05, 0.1) is 11.5 Å². The Bertz CT molecular complexity index is 861. The summed E-state index contributed by atoms with van der Waals surface area (Å²) in [6.07, 6.45) is 20.7. The third-order valence-electron chi connectivity index (χ3n) is 4.33. The van der Waals surface area contributed by atoms with E-state index in [9.17, 15) is 4.79 Å². The first kappa shape index (κ1) is 13.8. The van der Waals surface area contributed by atoms with Gasteiger partial charge in [0.15, 0.2) is 11.3 Å². The van der Waals surface area contributed by atoms with Crippen molar-refractivity contribution in [3.8, 4) is 0 Å². The van der Waals surface area contributed by atoms with Crippen LogP contribution in [0.25, 0.3) is 11.6 Å². The fourth-order valence-electron chi connectivity index (χ4n) is 2.73. The van der Waals surface area contributed by atoms with E-state index in [4.69, 9.17) is 0 Å². The number of carbonyl (C=O) groups is 1. The molecule has 0 saturated heterocycles. The first-order chi connectivity index (χ1) is 11.3. The van der Waals surface area contributed by atoms with E-state index in [1.165, 1.54) is 19.3 Å². The van der Waals surface area contributed by atoms with Crippen LogP contribution in [-0.4, -0.2) is 15.4 Å². The number of hydrogen-bond donors (Lipinski definition) is 2. The first-order valence-corrected chi connectivity index (χ1v) is 7.90. The lowest BCUT2D eigenvalue weighted by atomic mass is 9.86. The van der Waals surface area contributed by atoms with Gasteiger partial charge >= 0.3 is 0 Å². The minimum absolute atomic E-state index is 0.00929. The largest absolute Gasteiger partial charge is 0.347 e. The number of allylic oxidation sites excluding steroid dienone is 6. The number of carbonyl (C=O) groups excluding carboxylic acids is 1. The molecule has 0 amide bonds. The van der Waals surface area contributed by atoms with Gasteiger partial charge in [0.25, 0.3) is 0 Å². The summed E-state index contributed by atoms with van der Waals surface area (Å²) in [5.74, 6) is 1.63. The smallest absolute Gasteiger partial charge is 0.178 e. The Hall–Kier alpha value is -2.82. The molecule has 5 nitrogen and oxygen atoms in total. The highest BCUT2D eigenvalue weighted by molar-refractivity contribution is 6.04. The van der Waals surface area contributed by atoms with Gasteiger partial charge in [-0.1, -0.05) is 12.5 Å². The Kier molecular flexibility index (Phi) is 3.46. The standard InChI is InChI=1S/C18H18N4O/c23-15-6-4-14(5-7-15)16-12-20-18-9-8-17(21-22(16)18)19-11-10-13-2-1-3-13/h4-13,19,21H,1-3H2/b11-10-. The average Bonchev–Trinajstić information content (AvgIpc) is 2.94. The lowest BCUT2D eigenvalue weighted by molar-refractivity contribution is -0.110. The van der Waals surface area contributed by atoms with Crippen molar-refractivity contribution in [1.82, 2.24) is 15.0 Å². The van der Waals surface area contributed by atoms with Crippen LogP contribution in [0.1, 0.15) is 19.3 Å². The van der Waals surface area contributed by atoms with E-state index >= 15 is 0 Å². The van der Waals surface area contributed by atoms with Crippen LogP contribution >= 0.6 is 0 Å². The summed E-state index contributed by atoms with van der Waals surface area (Å²) in [6, 6.07) is 0. The predicted molar refractivity (Wildman–Crippen MR) is 89.7 cm³/mol. The zero-order valence-electron chi connectivity index (χ0n) is 12.7. The molecule has 4 rings (SSSR count). The van der Waals surface area contributed by atoms with E-state index in [1.807, 2.05) is 35.2 Å². The molecule has 2 aliphatic carbocycles. The molecule has 5 heteroatoms. The van der Waals surface area contributed by atoms with Gasteiger partial charge in [0.2, 0.25) is 0 Å². The minimum atomic E-state index is 0.00929. The Morgan fingerprint density at radius 3 is 2.78 bits per heavy atom. The van der Waals surface area contributed by atoms with E-state index in [0.717, 1.165) is 28.1 Å². The van der Waals surface area contributed by atoms with Crippen molar-refractivity contribution < 1.29 is 4.79 Å². The summed E-state index contributed by atoms with van der Waals surface area (Å²) >= 11 is 0. The molecule has 1 aromatic rings. The van der Waals surface area contributed by atoms with Crippen molar-refractivity contribution in [2.75, 3.05) is 5.43 Å². The minimum Gasteiger partial charge on any atom is -0.347 e. The zero-order chi connectivity index (χ0) is 15.6. The van der Waals surface area contributed by atoms with Gasteiger partial charge in [0, 0.05) is 5.57 Å². The maximum atomic E-state index is 11.3.